The van der Waals surface area contributed by atoms with E-state index >= 15 is 0 Å². The summed E-state index contributed by atoms with van der Waals surface area (Å²) < 4.78 is 33.3. The number of benzene rings is 1. The fourth-order valence-corrected chi connectivity index (χ4v) is 4.81. The number of hydrogen-bond donors (Lipinski definition) is 0. The van der Waals surface area contributed by atoms with Gasteiger partial charge in [0.1, 0.15) is 17.0 Å². The zero-order chi connectivity index (χ0) is 18.0. The summed E-state index contributed by atoms with van der Waals surface area (Å²) in [5.41, 5.74) is 0.156. The van der Waals surface area contributed by atoms with Gasteiger partial charge in [0.2, 0.25) is 0 Å². The number of methoxy groups -OCH3 is 1. The molecule has 0 spiro atoms. The van der Waals surface area contributed by atoms with Crippen molar-refractivity contribution in [1.82, 2.24) is 10.2 Å². The largest absolute Gasteiger partial charge is 0.468 e. The van der Waals surface area contributed by atoms with Gasteiger partial charge in [-0.1, -0.05) is 19.9 Å². The number of esters is 1. The number of hydrogen-bond acceptors (Lipinski definition) is 4. The maximum Gasteiger partial charge on any atom is 0.318 e. The molecular formula is C19H18F2N2O2. The van der Waals surface area contributed by atoms with E-state index in [0.29, 0.717) is 12.1 Å². The van der Waals surface area contributed by atoms with Gasteiger partial charge in [0, 0.05) is 0 Å². The Kier molecular flexibility index (Phi) is 3.27. The first-order chi connectivity index (χ1) is 11.8. The summed E-state index contributed by atoms with van der Waals surface area (Å²) >= 11 is 0. The van der Waals surface area contributed by atoms with E-state index in [1.54, 1.807) is 6.07 Å². The first kappa shape index (κ1) is 16.1. The van der Waals surface area contributed by atoms with E-state index in [1.165, 1.54) is 25.3 Å². The van der Waals surface area contributed by atoms with Gasteiger partial charge in [-0.15, -0.1) is 5.10 Å². The molecule has 2 aromatic rings. The van der Waals surface area contributed by atoms with Crippen LogP contribution in [0.15, 0.2) is 24.3 Å². The van der Waals surface area contributed by atoms with Crippen LogP contribution in [0.4, 0.5) is 8.78 Å². The second-order valence-electron chi connectivity index (χ2n) is 7.34. The lowest BCUT2D eigenvalue weighted by atomic mass is 9.68. The summed E-state index contributed by atoms with van der Waals surface area (Å²) in [4.78, 5) is 12.6. The van der Waals surface area contributed by atoms with Crippen LogP contribution in [0.25, 0.3) is 11.3 Å². The van der Waals surface area contributed by atoms with Crippen molar-refractivity contribution in [3.63, 3.8) is 0 Å². The maximum absolute atomic E-state index is 14.1. The minimum Gasteiger partial charge on any atom is -0.468 e. The number of ether oxygens (including phenoxy) is 1. The molecule has 4 nitrogen and oxygen atoms in total. The van der Waals surface area contributed by atoms with Gasteiger partial charge in [-0.2, -0.15) is 5.10 Å². The zero-order valence-electron chi connectivity index (χ0n) is 14.3. The molecule has 6 heteroatoms. The van der Waals surface area contributed by atoms with E-state index in [0.717, 1.165) is 12.0 Å². The van der Waals surface area contributed by atoms with E-state index in [2.05, 4.69) is 10.2 Å². The third kappa shape index (κ3) is 1.82. The highest BCUT2D eigenvalue weighted by Crippen LogP contribution is 2.67. The van der Waals surface area contributed by atoms with Crippen LogP contribution in [0.3, 0.4) is 0 Å². The van der Waals surface area contributed by atoms with E-state index < -0.39 is 17.0 Å². The smallest absolute Gasteiger partial charge is 0.318 e. The van der Waals surface area contributed by atoms with Gasteiger partial charge in [-0.05, 0) is 47.9 Å². The van der Waals surface area contributed by atoms with Crippen molar-refractivity contribution in [3.8, 4) is 11.3 Å². The van der Waals surface area contributed by atoms with Crippen molar-refractivity contribution < 1.29 is 18.3 Å². The molecular weight excluding hydrogens is 326 g/mol. The highest BCUT2D eigenvalue weighted by Gasteiger charge is 2.68. The lowest BCUT2D eigenvalue weighted by molar-refractivity contribution is -0.151. The van der Waals surface area contributed by atoms with Crippen LogP contribution in [-0.2, 0) is 14.9 Å². The molecule has 0 unspecified atom stereocenters. The molecule has 0 N–H and O–H groups in total. The zero-order valence-corrected chi connectivity index (χ0v) is 14.3. The lowest BCUT2D eigenvalue weighted by Crippen LogP contribution is -2.44. The normalized spacial score (nSPS) is 25.7. The summed E-state index contributed by atoms with van der Waals surface area (Å²) in [5, 5.41) is 8.30. The molecule has 2 bridgehead atoms. The monoisotopic (exact) mass is 344 g/mol. The number of nitrogens with zero attached hydrogens (tertiary/aromatic N) is 2. The van der Waals surface area contributed by atoms with E-state index in [9.17, 15) is 13.6 Å². The SMILES string of the molecule is COC(=O)[C@@]12CC[C@@H](c3cc(-c4c(F)cccc4F)nnc31)C2(C)C. The molecule has 25 heavy (non-hydrogen) atoms. The van der Waals surface area contributed by atoms with E-state index in [-0.39, 0.29) is 28.6 Å². The molecule has 2 aliphatic carbocycles. The minimum atomic E-state index is -0.846. The van der Waals surface area contributed by atoms with E-state index in [1.807, 2.05) is 13.8 Å². The minimum absolute atomic E-state index is 0.0747. The van der Waals surface area contributed by atoms with Crippen molar-refractivity contribution in [2.45, 2.75) is 38.0 Å². The first-order valence-electron chi connectivity index (χ1n) is 8.25. The van der Waals surface area contributed by atoms with Crippen LogP contribution in [0.2, 0.25) is 0 Å². The molecule has 1 saturated carbocycles. The fourth-order valence-electron chi connectivity index (χ4n) is 4.81. The standard InChI is InChI=1S/C19H18F2N2O2/c1-18(2)11-7-8-19(18,17(24)25-3)16-10(11)9-14(22-23-16)15-12(20)5-4-6-13(15)21/h4-6,9,11H,7-8H2,1-3H3/t11-,19+/m0/s1. The predicted molar refractivity (Wildman–Crippen MR) is 86.8 cm³/mol. The molecule has 4 rings (SSSR count). The van der Waals surface area contributed by atoms with Gasteiger partial charge < -0.3 is 4.74 Å². The molecule has 1 fully saturated rings. The van der Waals surface area contributed by atoms with E-state index in [4.69, 9.17) is 4.74 Å². The summed E-state index contributed by atoms with van der Waals surface area (Å²) in [6.45, 7) is 4.04. The van der Waals surface area contributed by atoms with Crippen LogP contribution >= 0.6 is 0 Å². The summed E-state index contributed by atoms with van der Waals surface area (Å²) in [6, 6.07) is 5.38. The van der Waals surface area contributed by atoms with Crippen molar-refractivity contribution in [3.05, 3.63) is 47.2 Å². The molecule has 0 aliphatic heterocycles. The van der Waals surface area contributed by atoms with Crippen LogP contribution < -0.4 is 0 Å². The lowest BCUT2D eigenvalue weighted by Gasteiger charge is -2.34. The topological polar surface area (TPSA) is 52.1 Å². The third-order valence-electron chi connectivity index (χ3n) is 6.13. The Morgan fingerprint density at radius 2 is 1.92 bits per heavy atom. The van der Waals surface area contributed by atoms with Crippen molar-refractivity contribution in [1.29, 1.82) is 0 Å². The molecule has 1 aromatic heterocycles. The molecule has 1 aromatic carbocycles. The van der Waals surface area contributed by atoms with Gasteiger partial charge in [0.15, 0.2) is 0 Å². The van der Waals surface area contributed by atoms with Gasteiger partial charge in [-0.3, -0.25) is 4.79 Å². The Balaban J connectivity index is 1.93. The Morgan fingerprint density at radius 3 is 2.56 bits per heavy atom. The summed E-state index contributed by atoms with van der Waals surface area (Å²) in [5.74, 6) is -1.61. The number of fused-ring (bicyclic) bond motifs is 5. The van der Waals surface area contributed by atoms with Crippen LogP contribution in [-0.4, -0.2) is 23.3 Å². The van der Waals surface area contributed by atoms with Crippen LogP contribution in [0, 0.1) is 17.0 Å². The van der Waals surface area contributed by atoms with Gasteiger partial charge in [0.05, 0.1) is 24.1 Å². The van der Waals surface area contributed by atoms with Crippen LogP contribution in [0.5, 0.6) is 0 Å². The van der Waals surface area contributed by atoms with Crippen LogP contribution in [0.1, 0.15) is 43.9 Å². The molecule has 2 aliphatic rings. The average Bonchev–Trinajstić information content (AvgIpc) is 2.96. The molecule has 2 atom stereocenters. The Hall–Kier alpha value is -2.37. The average molecular weight is 344 g/mol. The van der Waals surface area contributed by atoms with Crippen molar-refractivity contribution in [2.75, 3.05) is 7.11 Å². The molecule has 1 heterocycles. The second-order valence-corrected chi connectivity index (χ2v) is 7.34. The van der Waals surface area contributed by atoms with Crippen molar-refractivity contribution in [2.24, 2.45) is 5.41 Å². The summed E-state index contributed by atoms with van der Waals surface area (Å²) in [7, 11) is 1.37. The van der Waals surface area contributed by atoms with Gasteiger partial charge in [0.25, 0.3) is 0 Å². The number of carbonyl (C=O) groups is 1. The molecule has 130 valence electrons. The molecule has 0 radical (unpaired) electrons. The Labute approximate surface area is 144 Å². The first-order valence-corrected chi connectivity index (χ1v) is 8.25. The maximum atomic E-state index is 14.1. The highest BCUT2D eigenvalue weighted by molar-refractivity contribution is 5.87. The highest BCUT2D eigenvalue weighted by atomic mass is 19.1. The number of aromatic nitrogens is 2. The summed E-state index contributed by atoms with van der Waals surface area (Å²) in [6.07, 6.45) is 1.45. The second kappa shape index (κ2) is 5.07. The molecule has 0 amide bonds. The van der Waals surface area contributed by atoms with Crippen molar-refractivity contribution >= 4 is 5.97 Å². The third-order valence-corrected chi connectivity index (χ3v) is 6.13. The fraction of sp³-hybridized carbons (Fsp3) is 0.421. The Morgan fingerprint density at radius 1 is 1.24 bits per heavy atom. The number of carbonyl (C=O) groups excluding carboxylic acids is 1. The van der Waals surface area contributed by atoms with Gasteiger partial charge in [-0.25, -0.2) is 8.78 Å². The number of halogens is 2. The quantitative estimate of drug-likeness (QED) is 0.779. The van der Waals surface area contributed by atoms with Gasteiger partial charge >= 0.3 is 5.97 Å². The Bertz CT molecular complexity index is 877. The number of rotatable bonds is 2. The molecule has 0 saturated heterocycles. The predicted octanol–water partition coefficient (Wildman–Crippen LogP) is 3.75.